The standard InChI is InChI=1S/C17H28N4O/c1-19(2)11-7-13-21-16-10-6-5-9-15(16)17(18-21)22-14-8-12-20(3)4/h5-6,9-10H,7-8,11-14H2,1-4H3. The molecule has 22 heavy (non-hydrogen) atoms. The van der Waals surface area contributed by atoms with Crippen LogP contribution in [0.3, 0.4) is 0 Å². The minimum atomic E-state index is 0.705. The molecule has 0 saturated heterocycles. The highest BCUT2D eigenvalue weighted by Gasteiger charge is 2.11. The summed E-state index contributed by atoms with van der Waals surface area (Å²) in [6.07, 6.45) is 2.09. The Morgan fingerprint density at radius 3 is 2.41 bits per heavy atom. The zero-order valence-corrected chi connectivity index (χ0v) is 14.2. The first-order valence-electron chi connectivity index (χ1n) is 7.95. The topological polar surface area (TPSA) is 33.5 Å². The van der Waals surface area contributed by atoms with Crippen molar-refractivity contribution >= 4 is 10.9 Å². The van der Waals surface area contributed by atoms with Crippen LogP contribution in [0.5, 0.6) is 5.88 Å². The van der Waals surface area contributed by atoms with E-state index in [1.807, 2.05) is 6.07 Å². The predicted molar refractivity (Wildman–Crippen MR) is 91.6 cm³/mol. The van der Waals surface area contributed by atoms with Crippen LogP contribution in [0.25, 0.3) is 10.9 Å². The Morgan fingerprint density at radius 1 is 1.00 bits per heavy atom. The molecule has 0 atom stereocenters. The second-order valence-electron chi connectivity index (χ2n) is 6.21. The van der Waals surface area contributed by atoms with Crippen LogP contribution in [0.15, 0.2) is 24.3 Å². The number of hydrogen-bond donors (Lipinski definition) is 0. The average molecular weight is 304 g/mol. The van der Waals surface area contributed by atoms with Crippen molar-refractivity contribution < 1.29 is 4.74 Å². The third kappa shape index (κ3) is 4.71. The number of hydrogen-bond acceptors (Lipinski definition) is 4. The summed E-state index contributed by atoms with van der Waals surface area (Å²) in [7, 11) is 8.35. The molecule has 0 amide bonds. The molecule has 0 aliphatic rings. The number of ether oxygens (including phenoxy) is 1. The Balaban J connectivity index is 2.03. The fraction of sp³-hybridized carbons (Fsp3) is 0.588. The largest absolute Gasteiger partial charge is 0.476 e. The predicted octanol–water partition coefficient (Wildman–Crippen LogP) is 2.32. The summed E-state index contributed by atoms with van der Waals surface area (Å²) in [6, 6.07) is 8.31. The molecule has 0 radical (unpaired) electrons. The van der Waals surface area contributed by atoms with Gasteiger partial charge in [0, 0.05) is 13.1 Å². The average Bonchev–Trinajstić information content (AvgIpc) is 2.82. The molecule has 5 nitrogen and oxygen atoms in total. The summed E-state index contributed by atoms with van der Waals surface area (Å²) in [5, 5.41) is 5.77. The molecule has 0 spiro atoms. The van der Waals surface area contributed by atoms with Crippen LogP contribution >= 0.6 is 0 Å². The molecule has 0 bridgehead atoms. The molecular formula is C17H28N4O. The molecule has 122 valence electrons. The molecule has 0 aliphatic carbocycles. The number of nitrogens with zero attached hydrogens (tertiary/aromatic N) is 4. The first-order chi connectivity index (χ1) is 10.6. The summed E-state index contributed by atoms with van der Waals surface area (Å²) in [5.74, 6) is 0.763. The summed E-state index contributed by atoms with van der Waals surface area (Å²) in [5.41, 5.74) is 1.16. The lowest BCUT2D eigenvalue weighted by molar-refractivity contribution is 0.272. The molecule has 5 heteroatoms. The number of rotatable bonds is 9. The first kappa shape index (κ1) is 16.8. The fourth-order valence-electron chi connectivity index (χ4n) is 2.46. The van der Waals surface area contributed by atoms with E-state index in [2.05, 4.69) is 66.0 Å². The van der Waals surface area contributed by atoms with Crippen LogP contribution in [0.2, 0.25) is 0 Å². The van der Waals surface area contributed by atoms with Crippen molar-refractivity contribution in [2.75, 3.05) is 47.9 Å². The van der Waals surface area contributed by atoms with Crippen molar-refractivity contribution in [1.82, 2.24) is 19.6 Å². The van der Waals surface area contributed by atoms with E-state index in [4.69, 9.17) is 4.74 Å². The van der Waals surface area contributed by atoms with Crippen LogP contribution in [0.4, 0.5) is 0 Å². The van der Waals surface area contributed by atoms with Crippen LogP contribution in [-0.4, -0.2) is 67.5 Å². The Hall–Kier alpha value is -1.59. The third-order valence-corrected chi connectivity index (χ3v) is 3.59. The highest BCUT2D eigenvalue weighted by molar-refractivity contribution is 5.84. The minimum absolute atomic E-state index is 0.705. The van der Waals surface area contributed by atoms with E-state index in [9.17, 15) is 0 Å². The summed E-state index contributed by atoms with van der Waals surface area (Å²) >= 11 is 0. The highest BCUT2D eigenvalue weighted by Crippen LogP contribution is 2.25. The zero-order chi connectivity index (χ0) is 15.9. The monoisotopic (exact) mass is 304 g/mol. The van der Waals surface area contributed by atoms with Gasteiger partial charge in [0.2, 0.25) is 5.88 Å². The van der Waals surface area contributed by atoms with Crippen molar-refractivity contribution in [3.05, 3.63) is 24.3 Å². The van der Waals surface area contributed by atoms with Crippen molar-refractivity contribution in [3.63, 3.8) is 0 Å². The van der Waals surface area contributed by atoms with E-state index >= 15 is 0 Å². The summed E-state index contributed by atoms with van der Waals surface area (Å²) < 4.78 is 7.98. The minimum Gasteiger partial charge on any atom is -0.476 e. The van der Waals surface area contributed by atoms with E-state index < -0.39 is 0 Å². The summed E-state index contributed by atoms with van der Waals surface area (Å²) in [6.45, 7) is 3.71. The SMILES string of the molecule is CN(C)CCCOc1nn(CCCN(C)C)c2ccccc12. The molecule has 2 rings (SSSR count). The van der Waals surface area contributed by atoms with Crippen LogP contribution < -0.4 is 4.74 Å². The maximum atomic E-state index is 5.91. The third-order valence-electron chi connectivity index (χ3n) is 3.59. The second kappa shape index (κ2) is 8.15. The van der Waals surface area contributed by atoms with Gasteiger partial charge in [0.1, 0.15) is 0 Å². The van der Waals surface area contributed by atoms with E-state index in [0.717, 1.165) is 49.3 Å². The Labute approximate surface area is 133 Å². The quantitative estimate of drug-likeness (QED) is 0.666. The number of aromatic nitrogens is 2. The Morgan fingerprint density at radius 2 is 1.68 bits per heavy atom. The summed E-state index contributed by atoms with van der Waals surface area (Å²) in [4.78, 5) is 4.37. The lowest BCUT2D eigenvalue weighted by atomic mass is 10.2. The van der Waals surface area contributed by atoms with Crippen LogP contribution in [-0.2, 0) is 6.54 Å². The van der Waals surface area contributed by atoms with Gasteiger partial charge in [-0.05, 0) is 59.7 Å². The van der Waals surface area contributed by atoms with Crippen LogP contribution in [0.1, 0.15) is 12.8 Å². The van der Waals surface area contributed by atoms with Gasteiger partial charge in [0.05, 0.1) is 17.5 Å². The second-order valence-corrected chi connectivity index (χ2v) is 6.21. The molecule has 0 saturated carbocycles. The zero-order valence-electron chi connectivity index (χ0n) is 14.2. The van der Waals surface area contributed by atoms with Gasteiger partial charge < -0.3 is 14.5 Å². The molecule has 0 unspecified atom stereocenters. The number of aryl methyl sites for hydroxylation is 1. The maximum Gasteiger partial charge on any atom is 0.240 e. The van der Waals surface area contributed by atoms with Crippen LogP contribution in [0, 0.1) is 0 Å². The molecule has 1 aromatic heterocycles. The fourth-order valence-corrected chi connectivity index (χ4v) is 2.46. The molecule has 2 aromatic rings. The molecule has 1 heterocycles. The number of para-hydroxylation sites is 1. The molecule has 0 aliphatic heterocycles. The maximum absolute atomic E-state index is 5.91. The van der Waals surface area contributed by atoms with Crippen molar-refractivity contribution in [3.8, 4) is 5.88 Å². The normalized spacial score (nSPS) is 11.7. The smallest absolute Gasteiger partial charge is 0.240 e. The molecule has 0 fully saturated rings. The highest BCUT2D eigenvalue weighted by atomic mass is 16.5. The van der Waals surface area contributed by atoms with Gasteiger partial charge in [-0.15, -0.1) is 5.10 Å². The van der Waals surface area contributed by atoms with E-state index in [0.29, 0.717) is 6.61 Å². The van der Waals surface area contributed by atoms with Gasteiger partial charge in [-0.2, -0.15) is 0 Å². The van der Waals surface area contributed by atoms with E-state index in [1.165, 1.54) is 0 Å². The van der Waals surface area contributed by atoms with Gasteiger partial charge in [-0.1, -0.05) is 12.1 Å². The molecule has 1 aromatic carbocycles. The number of fused-ring (bicyclic) bond motifs is 1. The van der Waals surface area contributed by atoms with E-state index in [1.54, 1.807) is 0 Å². The Bertz CT molecular complexity index is 577. The number of benzene rings is 1. The van der Waals surface area contributed by atoms with Gasteiger partial charge in [-0.3, -0.25) is 4.68 Å². The van der Waals surface area contributed by atoms with Crippen molar-refractivity contribution in [1.29, 1.82) is 0 Å². The molecule has 0 N–H and O–H groups in total. The lowest BCUT2D eigenvalue weighted by Crippen LogP contribution is -2.16. The van der Waals surface area contributed by atoms with Gasteiger partial charge >= 0.3 is 0 Å². The van der Waals surface area contributed by atoms with Crippen molar-refractivity contribution in [2.45, 2.75) is 19.4 Å². The molecular weight excluding hydrogens is 276 g/mol. The van der Waals surface area contributed by atoms with Gasteiger partial charge in [0.25, 0.3) is 0 Å². The van der Waals surface area contributed by atoms with Gasteiger partial charge in [-0.25, -0.2) is 0 Å². The first-order valence-corrected chi connectivity index (χ1v) is 7.95. The van der Waals surface area contributed by atoms with E-state index in [-0.39, 0.29) is 0 Å². The Kier molecular flexibility index (Phi) is 6.21. The lowest BCUT2D eigenvalue weighted by Gasteiger charge is -2.09. The van der Waals surface area contributed by atoms with Gasteiger partial charge in [0.15, 0.2) is 0 Å². The van der Waals surface area contributed by atoms with Crippen molar-refractivity contribution in [2.24, 2.45) is 0 Å².